The molecule has 0 radical (unpaired) electrons. The van der Waals surface area contributed by atoms with E-state index >= 15 is 0 Å². The molecule has 21 heavy (non-hydrogen) atoms. The average Bonchev–Trinajstić information content (AvgIpc) is 2.48. The summed E-state index contributed by atoms with van der Waals surface area (Å²) in [4.78, 5) is 0. The standard InChI is InChI=1S/C17H19BrClNO/c1-3-15(20)17(12-5-7-13(18)8-6-12)21-16-10-14(19)9-4-11(16)2/h4-10,15,17H,3,20H2,1-2H3. The van der Waals surface area contributed by atoms with Crippen molar-refractivity contribution in [3.05, 3.63) is 63.1 Å². The molecule has 0 saturated heterocycles. The Bertz CT molecular complexity index is 600. The molecule has 0 spiro atoms. The van der Waals surface area contributed by atoms with Crippen molar-refractivity contribution >= 4 is 27.5 Å². The first-order chi connectivity index (χ1) is 10.0. The van der Waals surface area contributed by atoms with Crippen LogP contribution in [0.25, 0.3) is 0 Å². The first-order valence-corrected chi connectivity index (χ1v) is 8.12. The Hall–Kier alpha value is -1.03. The normalized spacial score (nSPS) is 13.8. The highest BCUT2D eigenvalue weighted by Crippen LogP contribution is 2.30. The van der Waals surface area contributed by atoms with E-state index in [9.17, 15) is 0 Å². The Morgan fingerprint density at radius 3 is 2.48 bits per heavy atom. The van der Waals surface area contributed by atoms with E-state index in [-0.39, 0.29) is 12.1 Å². The molecule has 0 fully saturated rings. The SMILES string of the molecule is CCC(N)C(Oc1cc(Cl)ccc1C)c1ccc(Br)cc1. The molecule has 2 rings (SSSR count). The fourth-order valence-corrected chi connectivity index (χ4v) is 2.53. The van der Waals surface area contributed by atoms with Crippen LogP contribution in [0, 0.1) is 6.92 Å². The van der Waals surface area contributed by atoms with E-state index in [4.69, 9.17) is 22.1 Å². The largest absolute Gasteiger partial charge is 0.484 e. The summed E-state index contributed by atoms with van der Waals surface area (Å²) in [5.41, 5.74) is 8.36. The van der Waals surface area contributed by atoms with Gasteiger partial charge in [0.25, 0.3) is 0 Å². The summed E-state index contributed by atoms with van der Waals surface area (Å²) >= 11 is 9.51. The van der Waals surface area contributed by atoms with Gasteiger partial charge in [-0.3, -0.25) is 0 Å². The molecule has 112 valence electrons. The first-order valence-electron chi connectivity index (χ1n) is 6.95. The second-order valence-electron chi connectivity index (χ2n) is 5.07. The zero-order valence-electron chi connectivity index (χ0n) is 12.1. The molecule has 2 N–H and O–H groups in total. The lowest BCUT2D eigenvalue weighted by molar-refractivity contribution is 0.170. The Labute approximate surface area is 139 Å². The molecule has 0 saturated carbocycles. The van der Waals surface area contributed by atoms with Gasteiger partial charge in [0.15, 0.2) is 0 Å². The molecule has 0 amide bonds. The average molecular weight is 369 g/mol. The first kappa shape index (κ1) is 16.3. The van der Waals surface area contributed by atoms with E-state index in [0.29, 0.717) is 5.02 Å². The van der Waals surface area contributed by atoms with Crippen LogP contribution in [0.1, 0.15) is 30.6 Å². The highest BCUT2D eigenvalue weighted by atomic mass is 79.9. The number of nitrogens with two attached hydrogens (primary N) is 1. The minimum absolute atomic E-state index is 0.0791. The van der Waals surface area contributed by atoms with E-state index in [2.05, 4.69) is 22.9 Å². The predicted octanol–water partition coefficient (Wildman–Crippen LogP) is 5.27. The van der Waals surface area contributed by atoms with Gasteiger partial charge in [0.1, 0.15) is 11.9 Å². The third-order valence-corrected chi connectivity index (χ3v) is 4.23. The molecular weight excluding hydrogens is 350 g/mol. The van der Waals surface area contributed by atoms with E-state index < -0.39 is 0 Å². The van der Waals surface area contributed by atoms with Crippen LogP contribution in [-0.4, -0.2) is 6.04 Å². The maximum atomic E-state index is 6.25. The maximum absolute atomic E-state index is 6.25. The second kappa shape index (κ2) is 7.30. The van der Waals surface area contributed by atoms with Gasteiger partial charge in [-0.1, -0.05) is 52.7 Å². The summed E-state index contributed by atoms with van der Waals surface area (Å²) in [5.74, 6) is 0.777. The number of rotatable bonds is 5. The smallest absolute Gasteiger partial charge is 0.139 e. The molecule has 2 aromatic carbocycles. The van der Waals surface area contributed by atoms with E-state index in [0.717, 1.165) is 27.8 Å². The molecule has 2 atom stereocenters. The van der Waals surface area contributed by atoms with Crippen LogP contribution in [-0.2, 0) is 0 Å². The number of ether oxygens (including phenoxy) is 1. The molecule has 0 heterocycles. The number of benzene rings is 2. The fourth-order valence-electron chi connectivity index (χ4n) is 2.11. The van der Waals surface area contributed by atoms with Gasteiger partial charge in [-0.05, 0) is 48.7 Å². The van der Waals surface area contributed by atoms with Crippen molar-refractivity contribution in [2.75, 3.05) is 0 Å². The van der Waals surface area contributed by atoms with Crippen LogP contribution in [0.3, 0.4) is 0 Å². The van der Waals surface area contributed by atoms with Crippen molar-refractivity contribution < 1.29 is 4.74 Å². The highest BCUT2D eigenvalue weighted by Gasteiger charge is 2.21. The van der Waals surface area contributed by atoms with Gasteiger partial charge < -0.3 is 10.5 Å². The van der Waals surface area contributed by atoms with Gasteiger partial charge in [0, 0.05) is 15.5 Å². The molecule has 0 aromatic heterocycles. The minimum Gasteiger partial charge on any atom is -0.484 e. The molecule has 2 aromatic rings. The van der Waals surface area contributed by atoms with Gasteiger partial charge in [0.05, 0.1) is 0 Å². The Morgan fingerprint density at radius 2 is 1.86 bits per heavy atom. The van der Waals surface area contributed by atoms with Gasteiger partial charge in [-0.2, -0.15) is 0 Å². The van der Waals surface area contributed by atoms with Crippen LogP contribution in [0.4, 0.5) is 0 Å². The van der Waals surface area contributed by atoms with Crippen LogP contribution < -0.4 is 10.5 Å². The summed E-state index contributed by atoms with van der Waals surface area (Å²) in [6, 6.07) is 13.6. The van der Waals surface area contributed by atoms with Gasteiger partial charge in [-0.25, -0.2) is 0 Å². The van der Waals surface area contributed by atoms with E-state index in [1.54, 1.807) is 0 Å². The number of hydrogen-bond acceptors (Lipinski definition) is 2. The molecule has 0 aliphatic carbocycles. The van der Waals surface area contributed by atoms with Crippen LogP contribution in [0.15, 0.2) is 46.9 Å². The Balaban J connectivity index is 2.32. The molecule has 2 nitrogen and oxygen atoms in total. The molecule has 0 aliphatic heterocycles. The molecular formula is C17H19BrClNO. The second-order valence-corrected chi connectivity index (χ2v) is 6.42. The van der Waals surface area contributed by atoms with Crippen LogP contribution in [0.5, 0.6) is 5.75 Å². The third-order valence-electron chi connectivity index (χ3n) is 3.46. The Morgan fingerprint density at radius 1 is 1.19 bits per heavy atom. The van der Waals surface area contributed by atoms with Gasteiger partial charge in [0.2, 0.25) is 0 Å². The lowest BCUT2D eigenvalue weighted by Gasteiger charge is -2.25. The predicted molar refractivity (Wildman–Crippen MR) is 92.0 cm³/mol. The fraction of sp³-hybridized carbons (Fsp3) is 0.294. The van der Waals surface area contributed by atoms with Crippen molar-refractivity contribution in [3.63, 3.8) is 0 Å². The zero-order valence-corrected chi connectivity index (χ0v) is 14.5. The zero-order chi connectivity index (χ0) is 15.4. The molecule has 2 unspecified atom stereocenters. The summed E-state index contributed by atoms with van der Waals surface area (Å²) in [6.45, 7) is 4.06. The number of halogens is 2. The number of aryl methyl sites for hydroxylation is 1. The minimum atomic E-state index is -0.194. The Kier molecular flexibility index (Phi) is 5.68. The van der Waals surface area contributed by atoms with Crippen LogP contribution >= 0.6 is 27.5 Å². The summed E-state index contributed by atoms with van der Waals surface area (Å²) in [6.07, 6.45) is 0.639. The maximum Gasteiger partial charge on any atom is 0.139 e. The monoisotopic (exact) mass is 367 g/mol. The van der Waals surface area contributed by atoms with Crippen molar-refractivity contribution in [2.45, 2.75) is 32.4 Å². The van der Waals surface area contributed by atoms with Crippen molar-refractivity contribution in [3.8, 4) is 5.75 Å². The van der Waals surface area contributed by atoms with Crippen LogP contribution in [0.2, 0.25) is 5.02 Å². The summed E-state index contributed by atoms with van der Waals surface area (Å²) in [5, 5.41) is 0.662. The molecule has 4 heteroatoms. The quantitative estimate of drug-likeness (QED) is 0.780. The van der Waals surface area contributed by atoms with E-state index in [1.807, 2.05) is 49.4 Å². The molecule has 0 bridgehead atoms. The van der Waals surface area contributed by atoms with Gasteiger partial charge in [-0.15, -0.1) is 0 Å². The van der Waals surface area contributed by atoms with Gasteiger partial charge >= 0.3 is 0 Å². The van der Waals surface area contributed by atoms with Crippen molar-refractivity contribution in [1.82, 2.24) is 0 Å². The highest BCUT2D eigenvalue weighted by molar-refractivity contribution is 9.10. The third kappa shape index (κ3) is 4.22. The summed E-state index contributed by atoms with van der Waals surface area (Å²) in [7, 11) is 0. The van der Waals surface area contributed by atoms with E-state index in [1.165, 1.54) is 0 Å². The lowest BCUT2D eigenvalue weighted by Crippen LogP contribution is -2.31. The molecule has 0 aliphatic rings. The lowest BCUT2D eigenvalue weighted by atomic mass is 10.0. The van der Waals surface area contributed by atoms with Crippen molar-refractivity contribution in [2.24, 2.45) is 5.73 Å². The topological polar surface area (TPSA) is 35.2 Å². The summed E-state index contributed by atoms with van der Waals surface area (Å²) < 4.78 is 7.22. The number of hydrogen-bond donors (Lipinski definition) is 1. The van der Waals surface area contributed by atoms with Crippen molar-refractivity contribution in [1.29, 1.82) is 0 Å².